The highest BCUT2D eigenvalue weighted by molar-refractivity contribution is 6.04. The van der Waals surface area contributed by atoms with Crippen molar-refractivity contribution < 1.29 is 14.3 Å². The van der Waals surface area contributed by atoms with Crippen molar-refractivity contribution in [2.45, 2.75) is 46.6 Å². The van der Waals surface area contributed by atoms with Crippen LogP contribution in [0, 0.1) is 0 Å². The minimum Gasteiger partial charge on any atom is -0.490 e. The fourth-order valence-electron chi connectivity index (χ4n) is 2.32. The predicted octanol–water partition coefficient (Wildman–Crippen LogP) is 4.29. The highest BCUT2D eigenvalue weighted by Crippen LogP contribution is 2.29. The van der Waals surface area contributed by atoms with Crippen LogP contribution in [0.15, 0.2) is 30.5 Å². The van der Waals surface area contributed by atoms with E-state index >= 15 is 0 Å². The molecule has 0 spiro atoms. The predicted molar refractivity (Wildman–Crippen MR) is 98.6 cm³/mol. The number of anilines is 1. The topological polar surface area (TPSA) is 65.4 Å². The largest absolute Gasteiger partial charge is 0.490 e. The zero-order valence-corrected chi connectivity index (χ0v) is 15.4. The Morgan fingerprint density at radius 1 is 1.12 bits per heavy atom. The van der Waals surface area contributed by atoms with Crippen molar-refractivity contribution in [2.75, 3.05) is 18.5 Å². The van der Waals surface area contributed by atoms with Crippen molar-refractivity contribution in [3.63, 3.8) is 0 Å². The third-order valence-electron chi connectivity index (χ3n) is 3.53. The van der Waals surface area contributed by atoms with Gasteiger partial charge < -0.3 is 14.8 Å². The highest BCUT2D eigenvalue weighted by Gasteiger charge is 2.14. The van der Waals surface area contributed by atoms with Crippen LogP contribution in [-0.4, -0.2) is 28.9 Å². The number of carbonyl (C=O) groups is 1. The molecular formula is C19H27N3O3. The van der Waals surface area contributed by atoms with E-state index in [9.17, 15) is 4.79 Å². The zero-order valence-electron chi connectivity index (χ0n) is 15.4. The Balaban J connectivity index is 2.19. The molecule has 6 nitrogen and oxygen atoms in total. The Kier molecular flexibility index (Phi) is 6.86. The zero-order chi connectivity index (χ0) is 18.2. The van der Waals surface area contributed by atoms with Gasteiger partial charge in [-0.25, -0.2) is 4.68 Å². The molecule has 1 aromatic heterocycles. The first kappa shape index (κ1) is 18.8. The van der Waals surface area contributed by atoms with Gasteiger partial charge in [0.1, 0.15) is 5.82 Å². The molecule has 25 heavy (non-hydrogen) atoms. The molecule has 6 heteroatoms. The number of amides is 1. The van der Waals surface area contributed by atoms with E-state index in [1.54, 1.807) is 35.1 Å². The molecular weight excluding hydrogens is 318 g/mol. The van der Waals surface area contributed by atoms with Gasteiger partial charge >= 0.3 is 0 Å². The number of hydrogen-bond donors (Lipinski definition) is 1. The van der Waals surface area contributed by atoms with Crippen molar-refractivity contribution in [3.8, 4) is 11.5 Å². The second-order valence-corrected chi connectivity index (χ2v) is 6.07. The fraction of sp³-hybridized carbons (Fsp3) is 0.474. The van der Waals surface area contributed by atoms with E-state index < -0.39 is 0 Å². The summed E-state index contributed by atoms with van der Waals surface area (Å²) in [6, 6.07) is 7.21. The van der Waals surface area contributed by atoms with Gasteiger partial charge in [0.15, 0.2) is 11.5 Å². The third kappa shape index (κ3) is 4.98. The van der Waals surface area contributed by atoms with Crippen LogP contribution < -0.4 is 14.8 Å². The molecule has 0 unspecified atom stereocenters. The van der Waals surface area contributed by atoms with Crippen LogP contribution in [0.4, 0.5) is 5.82 Å². The molecule has 0 fully saturated rings. The van der Waals surface area contributed by atoms with Crippen LogP contribution in [0.25, 0.3) is 0 Å². The number of benzene rings is 1. The minimum atomic E-state index is -0.203. The maximum absolute atomic E-state index is 12.6. The number of nitrogens with one attached hydrogen (secondary N) is 1. The van der Waals surface area contributed by atoms with Gasteiger partial charge in [-0.15, -0.1) is 0 Å². The Bertz CT molecular complexity index is 695. The second kappa shape index (κ2) is 9.11. The Hall–Kier alpha value is -2.50. The van der Waals surface area contributed by atoms with Crippen LogP contribution in [0.1, 0.15) is 56.9 Å². The van der Waals surface area contributed by atoms with Gasteiger partial charge in [0, 0.05) is 17.7 Å². The lowest BCUT2D eigenvalue weighted by molar-refractivity contribution is 0.102. The summed E-state index contributed by atoms with van der Waals surface area (Å²) in [6.45, 7) is 9.30. The van der Waals surface area contributed by atoms with Gasteiger partial charge in [0.2, 0.25) is 0 Å². The molecule has 0 saturated carbocycles. The third-order valence-corrected chi connectivity index (χ3v) is 3.53. The fourth-order valence-corrected chi connectivity index (χ4v) is 2.32. The van der Waals surface area contributed by atoms with E-state index in [0.29, 0.717) is 36.1 Å². The summed E-state index contributed by atoms with van der Waals surface area (Å²) in [6.07, 6.45) is 3.47. The molecule has 0 atom stereocenters. The van der Waals surface area contributed by atoms with E-state index in [4.69, 9.17) is 9.47 Å². The summed E-state index contributed by atoms with van der Waals surface area (Å²) in [5.74, 6) is 1.73. The van der Waals surface area contributed by atoms with Crippen LogP contribution in [0.3, 0.4) is 0 Å². The summed E-state index contributed by atoms with van der Waals surface area (Å²) in [5.41, 5.74) is 0.520. The van der Waals surface area contributed by atoms with E-state index in [-0.39, 0.29) is 11.9 Å². The van der Waals surface area contributed by atoms with Crippen molar-refractivity contribution in [2.24, 2.45) is 0 Å². The number of aromatic nitrogens is 2. The molecule has 1 aromatic carbocycles. The van der Waals surface area contributed by atoms with Gasteiger partial charge in [0.25, 0.3) is 5.91 Å². The molecule has 0 aliphatic heterocycles. The molecule has 0 saturated heterocycles. The van der Waals surface area contributed by atoms with Crippen molar-refractivity contribution in [1.29, 1.82) is 0 Å². The van der Waals surface area contributed by atoms with E-state index in [2.05, 4.69) is 10.4 Å². The van der Waals surface area contributed by atoms with Crippen molar-refractivity contribution in [3.05, 3.63) is 36.0 Å². The van der Waals surface area contributed by atoms with Gasteiger partial charge in [-0.2, -0.15) is 5.10 Å². The van der Waals surface area contributed by atoms with Crippen LogP contribution in [0.2, 0.25) is 0 Å². The summed E-state index contributed by atoms with van der Waals surface area (Å²) < 4.78 is 13.2. The molecule has 1 heterocycles. The standard InChI is InChI=1S/C19H27N3O3/c1-5-11-24-16-8-7-15(13-17(16)25-12-6-2)19(23)21-18-9-10-20-22(18)14(3)4/h7-10,13-14H,5-6,11-12H2,1-4H3,(H,21,23). The maximum atomic E-state index is 12.6. The number of rotatable bonds is 9. The van der Waals surface area contributed by atoms with E-state index in [0.717, 1.165) is 12.8 Å². The first-order valence-electron chi connectivity index (χ1n) is 8.81. The second-order valence-electron chi connectivity index (χ2n) is 6.07. The van der Waals surface area contributed by atoms with Crippen molar-refractivity contribution >= 4 is 11.7 Å². The van der Waals surface area contributed by atoms with Crippen LogP contribution >= 0.6 is 0 Å². The number of ether oxygens (including phenoxy) is 2. The molecule has 0 bridgehead atoms. The van der Waals surface area contributed by atoms with Crippen molar-refractivity contribution in [1.82, 2.24) is 9.78 Å². The average Bonchev–Trinajstić information content (AvgIpc) is 3.06. The average molecular weight is 345 g/mol. The summed E-state index contributed by atoms with van der Waals surface area (Å²) in [7, 11) is 0. The lowest BCUT2D eigenvalue weighted by Gasteiger charge is -2.14. The molecule has 1 N–H and O–H groups in total. The van der Waals surface area contributed by atoms with Crippen LogP contribution in [0.5, 0.6) is 11.5 Å². The molecule has 2 aromatic rings. The normalized spacial score (nSPS) is 10.8. The number of hydrogen-bond acceptors (Lipinski definition) is 4. The Morgan fingerprint density at radius 3 is 2.44 bits per heavy atom. The minimum absolute atomic E-state index is 0.165. The lowest BCUT2D eigenvalue weighted by atomic mass is 10.2. The number of nitrogens with zero attached hydrogens (tertiary/aromatic N) is 2. The summed E-state index contributed by atoms with van der Waals surface area (Å²) in [4.78, 5) is 12.6. The quantitative estimate of drug-likeness (QED) is 0.736. The summed E-state index contributed by atoms with van der Waals surface area (Å²) >= 11 is 0. The number of carbonyl (C=O) groups excluding carboxylic acids is 1. The van der Waals surface area contributed by atoms with E-state index in [1.807, 2.05) is 27.7 Å². The first-order valence-corrected chi connectivity index (χ1v) is 8.81. The van der Waals surface area contributed by atoms with E-state index in [1.165, 1.54) is 0 Å². The molecule has 0 aliphatic rings. The van der Waals surface area contributed by atoms with Gasteiger partial charge in [-0.3, -0.25) is 4.79 Å². The molecule has 1 amide bonds. The molecule has 2 rings (SSSR count). The SMILES string of the molecule is CCCOc1ccc(C(=O)Nc2ccnn2C(C)C)cc1OCCC. The lowest BCUT2D eigenvalue weighted by Crippen LogP contribution is -2.17. The highest BCUT2D eigenvalue weighted by atomic mass is 16.5. The molecule has 0 aliphatic carbocycles. The summed E-state index contributed by atoms with van der Waals surface area (Å²) in [5, 5.41) is 7.12. The van der Waals surface area contributed by atoms with Gasteiger partial charge in [-0.1, -0.05) is 13.8 Å². The monoisotopic (exact) mass is 345 g/mol. The molecule has 136 valence electrons. The molecule has 0 radical (unpaired) electrons. The Labute approximate surface area is 149 Å². The maximum Gasteiger partial charge on any atom is 0.256 e. The van der Waals surface area contributed by atoms with Crippen LogP contribution in [-0.2, 0) is 0 Å². The smallest absolute Gasteiger partial charge is 0.256 e. The van der Waals surface area contributed by atoms with Gasteiger partial charge in [0.05, 0.1) is 19.4 Å². The first-order chi connectivity index (χ1) is 12.1. The Morgan fingerprint density at radius 2 is 1.80 bits per heavy atom. The van der Waals surface area contributed by atoms with Gasteiger partial charge in [-0.05, 0) is 44.9 Å².